The second kappa shape index (κ2) is 5.51. The summed E-state index contributed by atoms with van der Waals surface area (Å²) in [6.45, 7) is 12.9. The van der Waals surface area contributed by atoms with Crippen molar-refractivity contribution in [1.82, 2.24) is 4.57 Å². The SMILES string of the molecule is Cc1cc2c(n1-c1ccc(NC(C)(C)C)cc1)CC(C)(C)CC2=O. The molecule has 0 saturated heterocycles. The largest absolute Gasteiger partial charge is 0.380 e. The van der Waals surface area contributed by atoms with Crippen LogP contribution in [0.15, 0.2) is 30.3 Å². The molecule has 3 rings (SSSR count). The van der Waals surface area contributed by atoms with E-state index in [1.807, 2.05) is 6.07 Å². The van der Waals surface area contributed by atoms with Gasteiger partial charge in [0.2, 0.25) is 0 Å². The van der Waals surface area contributed by atoms with Gasteiger partial charge in [0.25, 0.3) is 0 Å². The van der Waals surface area contributed by atoms with Crippen LogP contribution in [0.25, 0.3) is 5.69 Å². The molecule has 0 radical (unpaired) electrons. The van der Waals surface area contributed by atoms with Crippen molar-refractivity contribution in [3.8, 4) is 5.69 Å². The Kier molecular flexibility index (Phi) is 3.86. The third-order valence-electron chi connectivity index (χ3n) is 4.52. The van der Waals surface area contributed by atoms with Crippen LogP contribution in [-0.2, 0) is 6.42 Å². The van der Waals surface area contributed by atoms with Gasteiger partial charge >= 0.3 is 0 Å². The van der Waals surface area contributed by atoms with Gasteiger partial charge in [0, 0.05) is 40.3 Å². The summed E-state index contributed by atoms with van der Waals surface area (Å²) in [4.78, 5) is 12.5. The van der Waals surface area contributed by atoms with Gasteiger partial charge in [-0.1, -0.05) is 13.8 Å². The van der Waals surface area contributed by atoms with E-state index in [4.69, 9.17) is 0 Å². The zero-order chi connectivity index (χ0) is 17.7. The van der Waals surface area contributed by atoms with Gasteiger partial charge in [0.15, 0.2) is 5.78 Å². The standard InChI is InChI=1S/C21H28N2O/c1-14-11-17-18(12-21(5,6)13-19(17)24)23(14)16-9-7-15(8-10-16)22-20(2,3)4/h7-11,22H,12-13H2,1-6H3. The normalized spacial score (nSPS) is 16.8. The highest BCUT2D eigenvalue weighted by Gasteiger charge is 2.34. The number of ketones is 1. The molecule has 0 unspecified atom stereocenters. The molecule has 24 heavy (non-hydrogen) atoms. The van der Waals surface area contributed by atoms with Crippen LogP contribution in [0.5, 0.6) is 0 Å². The molecule has 0 aliphatic heterocycles. The third-order valence-corrected chi connectivity index (χ3v) is 4.52. The molecule has 1 aliphatic rings. The first-order valence-corrected chi connectivity index (χ1v) is 8.69. The van der Waals surface area contributed by atoms with E-state index in [2.05, 4.69) is 75.7 Å². The number of carbonyl (C=O) groups is 1. The van der Waals surface area contributed by atoms with Crippen LogP contribution in [0.4, 0.5) is 5.69 Å². The molecule has 0 bridgehead atoms. The Morgan fingerprint density at radius 2 is 1.71 bits per heavy atom. The number of carbonyl (C=O) groups excluding carboxylic acids is 1. The van der Waals surface area contributed by atoms with Crippen molar-refractivity contribution >= 4 is 11.5 Å². The summed E-state index contributed by atoms with van der Waals surface area (Å²) in [6, 6.07) is 10.5. The fraction of sp³-hybridized carbons (Fsp3) is 0.476. The second-order valence-corrected chi connectivity index (χ2v) is 8.84. The molecule has 0 spiro atoms. The number of nitrogens with zero attached hydrogens (tertiary/aromatic N) is 1. The Morgan fingerprint density at radius 3 is 2.29 bits per heavy atom. The van der Waals surface area contributed by atoms with Crippen LogP contribution in [0.3, 0.4) is 0 Å². The van der Waals surface area contributed by atoms with Gasteiger partial charge in [-0.3, -0.25) is 4.79 Å². The van der Waals surface area contributed by atoms with Crippen molar-refractivity contribution in [2.75, 3.05) is 5.32 Å². The lowest BCUT2D eigenvalue weighted by Crippen LogP contribution is -2.28. The van der Waals surface area contributed by atoms with E-state index < -0.39 is 0 Å². The summed E-state index contributed by atoms with van der Waals surface area (Å²) in [6.07, 6.45) is 1.57. The first kappa shape index (κ1) is 16.8. The molecule has 3 heteroatoms. The highest BCUT2D eigenvalue weighted by Crippen LogP contribution is 2.37. The van der Waals surface area contributed by atoms with Crippen LogP contribution >= 0.6 is 0 Å². The highest BCUT2D eigenvalue weighted by atomic mass is 16.1. The number of rotatable bonds is 2. The van der Waals surface area contributed by atoms with Gasteiger partial charge in [-0.05, 0) is 69.9 Å². The number of fused-ring (bicyclic) bond motifs is 1. The number of hydrogen-bond donors (Lipinski definition) is 1. The first-order valence-electron chi connectivity index (χ1n) is 8.69. The smallest absolute Gasteiger partial charge is 0.165 e. The number of nitrogens with one attached hydrogen (secondary N) is 1. The lowest BCUT2D eigenvalue weighted by atomic mass is 9.76. The van der Waals surface area contributed by atoms with Crippen molar-refractivity contribution in [3.63, 3.8) is 0 Å². The van der Waals surface area contributed by atoms with Crippen LogP contribution in [0.2, 0.25) is 0 Å². The van der Waals surface area contributed by atoms with Gasteiger partial charge in [0.1, 0.15) is 0 Å². The molecule has 3 nitrogen and oxygen atoms in total. The number of aromatic nitrogens is 1. The summed E-state index contributed by atoms with van der Waals surface area (Å²) in [5.74, 6) is 0.272. The van der Waals surface area contributed by atoms with Crippen molar-refractivity contribution in [2.24, 2.45) is 5.41 Å². The van der Waals surface area contributed by atoms with E-state index in [1.54, 1.807) is 0 Å². The summed E-state index contributed by atoms with van der Waals surface area (Å²) in [5.41, 5.74) is 5.50. The third kappa shape index (κ3) is 3.26. The number of hydrogen-bond acceptors (Lipinski definition) is 2. The molecule has 2 aromatic rings. The summed E-state index contributed by atoms with van der Waals surface area (Å²) < 4.78 is 2.25. The molecule has 128 valence electrons. The van der Waals surface area contributed by atoms with Crippen LogP contribution in [0.1, 0.15) is 62.8 Å². The van der Waals surface area contributed by atoms with Gasteiger partial charge in [-0.2, -0.15) is 0 Å². The zero-order valence-electron chi connectivity index (χ0n) is 15.7. The van der Waals surface area contributed by atoms with Crippen LogP contribution in [-0.4, -0.2) is 15.9 Å². The average molecular weight is 324 g/mol. The van der Waals surface area contributed by atoms with E-state index in [0.29, 0.717) is 6.42 Å². The molecule has 1 N–H and O–H groups in total. The predicted octanol–water partition coefficient (Wildman–Crippen LogP) is 5.15. The maximum atomic E-state index is 12.5. The molecule has 0 amide bonds. The maximum Gasteiger partial charge on any atom is 0.165 e. The number of Topliss-reactive ketones (excluding diaryl/α,β-unsaturated/α-hetero) is 1. The Bertz CT molecular complexity index is 773. The molecule has 0 atom stereocenters. The minimum absolute atomic E-state index is 0.0281. The van der Waals surface area contributed by atoms with Crippen molar-refractivity contribution in [2.45, 2.75) is 59.9 Å². The van der Waals surface area contributed by atoms with Crippen molar-refractivity contribution in [1.29, 1.82) is 0 Å². The Balaban J connectivity index is 2.00. The fourth-order valence-corrected chi connectivity index (χ4v) is 3.64. The van der Waals surface area contributed by atoms with E-state index in [-0.39, 0.29) is 16.7 Å². The van der Waals surface area contributed by atoms with E-state index in [9.17, 15) is 4.79 Å². The van der Waals surface area contributed by atoms with Gasteiger partial charge in [-0.25, -0.2) is 0 Å². The minimum Gasteiger partial charge on any atom is -0.380 e. The molecule has 1 aromatic carbocycles. The van der Waals surface area contributed by atoms with Gasteiger partial charge in [0.05, 0.1) is 0 Å². The molecule has 1 aliphatic carbocycles. The summed E-state index contributed by atoms with van der Waals surface area (Å²) in [5, 5.41) is 3.49. The average Bonchev–Trinajstić information content (AvgIpc) is 2.73. The Hall–Kier alpha value is -2.03. The lowest BCUT2D eigenvalue weighted by molar-refractivity contribution is 0.0911. The summed E-state index contributed by atoms with van der Waals surface area (Å²) in [7, 11) is 0. The second-order valence-electron chi connectivity index (χ2n) is 8.84. The van der Waals surface area contributed by atoms with E-state index in [1.165, 1.54) is 0 Å². The number of benzene rings is 1. The maximum absolute atomic E-state index is 12.5. The Morgan fingerprint density at radius 1 is 1.08 bits per heavy atom. The van der Waals surface area contributed by atoms with Gasteiger partial charge in [-0.15, -0.1) is 0 Å². The lowest BCUT2D eigenvalue weighted by Gasteiger charge is -2.30. The van der Waals surface area contributed by atoms with Crippen molar-refractivity contribution in [3.05, 3.63) is 47.3 Å². The minimum atomic E-state index is 0.0281. The molecule has 0 saturated carbocycles. The van der Waals surface area contributed by atoms with Crippen molar-refractivity contribution < 1.29 is 4.79 Å². The summed E-state index contributed by atoms with van der Waals surface area (Å²) >= 11 is 0. The van der Waals surface area contributed by atoms with Crippen LogP contribution < -0.4 is 5.32 Å². The molecular weight excluding hydrogens is 296 g/mol. The number of aryl methyl sites for hydroxylation is 1. The quantitative estimate of drug-likeness (QED) is 0.829. The van der Waals surface area contributed by atoms with E-state index >= 15 is 0 Å². The van der Waals surface area contributed by atoms with Crippen LogP contribution in [0, 0.1) is 12.3 Å². The molecule has 1 heterocycles. The zero-order valence-corrected chi connectivity index (χ0v) is 15.7. The number of anilines is 1. The molecule has 0 fully saturated rings. The topological polar surface area (TPSA) is 34.0 Å². The highest BCUT2D eigenvalue weighted by molar-refractivity contribution is 5.99. The fourth-order valence-electron chi connectivity index (χ4n) is 3.64. The molecular formula is C21H28N2O. The Labute approximate surface area is 145 Å². The van der Waals surface area contributed by atoms with E-state index in [0.717, 1.165) is 34.7 Å². The predicted molar refractivity (Wildman–Crippen MR) is 100 cm³/mol. The first-order chi connectivity index (χ1) is 11.1. The monoisotopic (exact) mass is 324 g/mol. The molecule has 1 aromatic heterocycles. The van der Waals surface area contributed by atoms with Gasteiger partial charge < -0.3 is 9.88 Å².